The molecule has 1 fully saturated rings. The van der Waals surface area contributed by atoms with Gasteiger partial charge in [-0.1, -0.05) is 18.6 Å². The summed E-state index contributed by atoms with van der Waals surface area (Å²) >= 11 is 0. The van der Waals surface area contributed by atoms with E-state index >= 15 is 0 Å². The molecular formula is C16H21N3O2. The Hall–Kier alpha value is -1.88. The summed E-state index contributed by atoms with van der Waals surface area (Å²) in [5, 5.41) is 9.38. The number of likely N-dealkylation sites (tertiary alicyclic amines) is 1. The summed E-state index contributed by atoms with van der Waals surface area (Å²) in [5.74, 6) is 0.0334. The smallest absolute Gasteiger partial charge is 0.326 e. The molecule has 1 aliphatic rings. The molecule has 1 unspecified atom stereocenters. The zero-order valence-electron chi connectivity index (χ0n) is 12.3. The molecule has 0 amide bonds. The first-order chi connectivity index (χ1) is 10.2. The van der Waals surface area contributed by atoms with Gasteiger partial charge in [0.25, 0.3) is 0 Å². The van der Waals surface area contributed by atoms with Crippen LogP contribution in [0.1, 0.15) is 38.1 Å². The number of aromatic nitrogens is 2. The molecule has 2 aromatic rings. The van der Waals surface area contributed by atoms with E-state index in [1.54, 1.807) is 6.92 Å². The lowest BCUT2D eigenvalue weighted by Gasteiger charge is -2.26. The molecule has 0 saturated carbocycles. The Bertz CT molecular complexity index is 644. The first kappa shape index (κ1) is 14.1. The molecule has 2 heterocycles. The summed E-state index contributed by atoms with van der Waals surface area (Å²) in [6.07, 6.45) is 3.72. The Labute approximate surface area is 124 Å². The van der Waals surface area contributed by atoms with E-state index in [0.29, 0.717) is 0 Å². The first-order valence-electron chi connectivity index (χ1n) is 7.58. The number of aliphatic carboxylic acids is 1. The Morgan fingerprint density at radius 3 is 2.71 bits per heavy atom. The second kappa shape index (κ2) is 5.85. The van der Waals surface area contributed by atoms with Gasteiger partial charge < -0.3 is 9.67 Å². The highest BCUT2D eigenvalue weighted by atomic mass is 16.4. The van der Waals surface area contributed by atoms with E-state index in [0.717, 1.165) is 36.5 Å². The van der Waals surface area contributed by atoms with Crippen molar-refractivity contribution in [3.63, 3.8) is 0 Å². The lowest BCUT2D eigenvalue weighted by molar-refractivity contribution is -0.140. The van der Waals surface area contributed by atoms with Gasteiger partial charge in [0.2, 0.25) is 0 Å². The highest BCUT2D eigenvalue weighted by Crippen LogP contribution is 2.23. The van der Waals surface area contributed by atoms with Crippen molar-refractivity contribution in [1.82, 2.24) is 14.5 Å². The second-order valence-corrected chi connectivity index (χ2v) is 5.74. The Kier molecular flexibility index (Phi) is 3.92. The second-order valence-electron chi connectivity index (χ2n) is 5.74. The van der Waals surface area contributed by atoms with Crippen LogP contribution in [0, 0.1) is 0 Å². The molecule has 112 valence electrons. The van der Waals surface area contributed by atoms with Gasteiger partial charge in [0.1, 0.15) is 11.9 Å². The molecule has 3 rings (SSSR count). The third kappa shape index (κ3) is 2.78. The van der Waals surface area contributed by atoms with Gasteiger partial charge in [-0.05, 0) is 45.0 Å². The quantitative estimate of drug-likeness (QED) is 0.939. The molecule has 21 heavy (non-hydrogen) atoms. The van der Waals surface area contributed by atoms with Crippen molar-refractivity contribution in [3.8, 4) is 0 Å². The molecule has 1 aromatic carbocycles. The largest absolute Gasteiger partial charge is 0.480 e. The van der Waals surface area contributed by atoms with E-state index in [-0.39, 0.29) is 0 Å². The normalized spacial score (nSPS) is 18.0. The molecule has 5 heteroatoms. The minimum Gasteiger partial charge on any atom is -0.480 e. The number of benzene rings is 1. The van der Waals surface area contributed by atoms with Crippen molar-refractivity contribution in [2.75, 3.05) is 13.1 Å². The predicted octanol–water partition coefficient (Wildman–Crippen LogP) is 2.67. The Morgan fingerprint density at radius 2 is 2.00 bits per heavy atom. The minimum atomic E-state index is -0.821. The molecule has 0 spiro atoms. The van der Waals surface area contributed by atoms with Crippen LogP contribution in [0.25, 0.3) is 11.0 Å². The maximum Gasteiger partial charge on any atom is 0.326 e. The number of rotatable bonds is 4. The fourth-order valence-electron chi connectivity index (χ4n) is 3.07. The molecule has 1 aliphatic heterocycles. The van der Waals surface area contributed by atoms with E-state index in [4.69, 9.17) is 0 Å². The standard InChI is InChI=1S/C16H21N3O2/c1-12(16(20)21)19-14-8-4-3-7-13(14)17-15(19)11-18-9-5-2-6-10-18/h3-4,7-8,12H,2,5-6,9-11H2,1H3,(H,20,21). The number of nitrogens with zero attached hydrogens (tertiary/aromatic N) is 3. The summed E-state index contributed by atoms with van der Waals surface area (Å²) in [5.41, 5.74) is 1.78. The van der Waals surface area contributed by atoms with Crippen LogP contribution >= 0.6 is 0 Å². The minimum absolute atomic E-state index is 0.600. The van der Waals surface area contributed by atoms with E-state index < -0.39 is 12.0 Å². The van der Waals surface area contributed by atoms with Gasteiger partial charge in [0, 0.05) is 0 Å². The third-order valence-corrected chi connectivity index (χ3v) is 4.23. The molecule has 0 bridgehead atoms. The summed E-state index contributed by atoms with van der Waals surface area (Å²) in [7, 11) is 0. The number of carboxylic acid groups (broad SMARTS) is 1. The molecule has 0 radical (unpaired) electrons. The highest BCUT2D eigenvalue weighted by Gasteiger charge is 2.22. The van der Waals surface area contributed by atoms with E-state index in [1.807, 2.05) is 28.8 Å². The molecule has 1 N–H and O–H groups in total. The Morgan fingerprint density at radius 1 is 1.29 bits per heavy atom. The average molecular weight is 287 g/mol. The SMILES string of the molecule is CC(C(=O)O)n1c(CN2CCCCC2)nc2ccccc21. The number of para-hydroxylation sites is 2. The van der Waals surface area contributed by atoms with Crippen LogP contribution in [-0.4, -0.2) is 38.6 Å². The Balaban J connectivity index is 1.99. The summed E-state index contributed by atoms with van der Waals surface area (Å²) in [6.45, 7) is 4.60. The van der Waals surface area contributed by atoms with Gasteiger partial charge in [0.15, 0.2) is 0 Å². The lowest BCUT2D eigenvalue weighted by Crippen LogP contribution is -2.31. The van der Waals surface area contributed by atoms with E-state index in [1.165, 1.54) is 19.3 Å². The monoisotopic (exact) mass is 287 g/mol. The maximum atomic E-state index is 11.4. The van der Waals surface area contributed by atoms with Crippen molar-refractivity contribution in [2.45, 2.75) is 38.8 Å². The van der Waals surface area contributed by atoms with Crippen LogP contribution < -0.4 is 0 Å². The molecule has 1 aromatic heterocycles. The van der Waals surface area contributed by atoms with Crippen LogP contribution in [-0.2, 0) is 11.3 Å². The fourth-order valence-corrected chi connectivity index (χ4v) is 3.07. The molecular weight excluding hydrogens is 266 g/mol. The van der Waals surface area contributed by atoms with Crippen molar-refractivity contribution >= 4 is 17.0 Å². The number of carboxylic acids is 1. The topological polar surface area (TPSA) is 58.4 Å². The van der Waals surface area contributed by atoms with Gasteiger partial charge in [-0.3, -0.25) is 4.90 Å². The summed E-state index contributed by atoms with van der Waals surface area (Å²) < 4.78 is 1.87. The number of hydrogen-bond acceptors (Lipinski definition) is 3. The zero-order chi connectivity index (χ0) is 14.8. The van der Waals surface area contributed by atoms with Crippen LogP contribution in [0.2, 0.25) is 0 Å². The molecule has 5 nitrogen and oxygen atoms in total. The van der Waals surface area contributed by atoms with Gasteiger partial charge in [0.05, 0.1) is 17.6 Å². The predicted molar refractivity (Wildman–Crippen MR) is 81.2 cm³/mol. The zero-order valence-corrected chi connectivity index (χ0v) is 12.3. The van der Waals surface area contributed by atoms with Gasteiger partial charge in [-0.25, -0.2) is 9.78 Å². The number of fused-ring (bicyclic) bond motifs is 1. The summed E-state index contributed by atoms with van der Waals surface area (Å²) in [4.78, 5) is 18.5. The lowest BCUT2D eigenvalue weighted by atomic mass is 10.1. The average Bonchev–Trinajstić information content (AvgIpc) is 2.85. The van der Waals surface area contributed by atoms with Gasteiger partial charge >= 0.3 is 5.97 Å². The van der Waals surface area contributed by atoms with Gasteiger partial charge in [-0.15, -0.1) is 0 Å². The third-order valence-electron chi connectivity index (χ3n) is 4.23. The number of imidazole rings is 1. The maximum absolute atomic E-state index is 11.4. The van der Waals surface area contributed by atoms with Crippen LogP contribution in [0.4, 0.5) is 0 Å². The molecule has 0 aliphatic carbocycles. The van der Waals surface area contributed by atoms with Crippen molar-refractivity contribution in [3.05, 3.63) is 30.1 Å². The van der Waals surface area contributed by atoms with Crippen molar-refractivity contribution in [1.29, 1.82) is 0 Å². The van der Waals surface area contributed by atoms with Crippen LogP contribution in [0.3, 0.4) is 0 Å². The fraction of sp³-hybridized carbons (Fsp3) is 0.500. The number of piperidine rings is 1. The van der Waals surface area contributed by atoms with Gasteiger partial charge in [-0.2, -0.15) is 0 Å². The van der Waals surface area contributed by atoms with Crippen molar-refractivity contribution in [2.24, 2.45) is 0 Å². The van der Waals surface area contributed by atoms with Crippen LogP contribution in [0.15, 0.2) is 24.3 Å². The number of carbonyl (C=O) groups is 1. The number of hydrogen-bond donors (Lipinski definition) is 1. The molecule has 1 atom stereocenters. The summed E-state index contributed by atoms with van der Waals surface area (Å²) in [6, 6.07) is 7.16. The first-order valence-corrected chi connectivity index (χ1v) is 7.58. The van der Waals surface area contributed by atoms with Crippen LogP contribution in [0.5, 0.6) is 0 Å². The highest BCUT2D eigenvalue weighted by molar-refractivity contribution is 5.80. The van der Waals surface area contributed by atoms with Crippen molar-refractivity contribution < 1.29 is 9.90 Å². The van der Waals surface area contributed by atoms with E-state index in [9.17, 15) is 9.90 Å². The van der Waals surface area contributed by atoms with E-state index in [2.05, 4.69) is 9.88 Å². The molecule has 1 saturated heterocycles.